The lowest BCUT2D eigenvalue weighted by Gasteiger charge is -2.05. The van der Waals surface area contributed by atoms with Gasteiger partial charge in [0.15, 0.2) is 0 Å². The van der Waals surface area contributed by atoms with Crippen LogP contribution in [-0.2, 0) is 24.2 Å². The van der Waals surface area contributed by atoms with E-state index in [1.807, 2.05) is 17.7 Å². The quantitative estimate of drug-likeness (QED) is 0.844. The molecule has 100 valence electrons. The lowest BCUT2D eigenvalue weighted by Crippen LogP contribution is -2.11. The first-order chi connectivity index (χ1) is 9.10. The number of benzene rings is 1. The molecule has 1 aromatic carbocycles. The van der Waals surface area contributed by atoms with Gasteiger partial charge in [-0.3, -0.25) is 4.79 Å². The first-order valence-corrected chi connectivity index (χ1v) is 6.43. The summed E-state index contributed by atoms with van der Waals surface area (Å²) in [6.07, 6.45) is 3.97. The highest BCUT2D eigenvalue weighted by Crippen LogP contribution is 2.18. The molecule has 0 bridgehead atoms. The molecule has 0 radical (unpaired) electrons. The Hall–Kier alpha value is -1.68. The number of hydrogen-bond acceptors (Lipinski definition) is 2. The Morgan fingerprint density at radius 1 is 1.42 bits per heavy atom. The van der Waals surface area contributed by atoms with Gasteiger partial charge in [-0.15, -0.1) is 0 Å². The van der Waals surface area contributed by atoms with Crippen LogP contribution in [0.5, 0.6) is 0 Å². The van der Waals surface area contributed by atoms with Crippen LogP contribution in [-0.4, -0.2) is 15.3 Å². The zero-order valence-corrected chi connectivity index (χ0v) is 11.3. The van der Waals surface area contributed by atoms with Crippen molar-refractivity contribution in [2.45, 2.75) is 26.3 Å². The predicted molar refractivity (Wildman–Crippen MR) is 71.7 cm³/mol. The SMILES string of the molecule is CCn1ccnc1CC(=O)Cc1ccc(F)cc1Cl. The number of Topliss-reactive ketones (excluding diaryl/α,β-unsaturated/α-hetero) is 1. The van der Waals surface area contributed by atoms with Crippen LogP contribution in [0, 0.1) is 5.82 Å². The van der Waals surface area contributed by atoms with Crippen molar-refractivity contribution in [2.24, 2.45) is 0 Å². The van der Waals surface area contributed by atoms with E-state index in [0.717, 1.165) is 12.4 Å². The Kier molecular flexibility index (Phi) is 4.32. The maximum Gasteiger partial charge on any atom is 0.144 e. The number of nitrogens with zero attached hydrogens (tertiary/aromatic N) is 2. The average molecular weight is 281 g/mol. The number of aryl methyl sites for hydroxylation is 1. The Balaban J connectivity index is 2.05. The molecule has 0 atom stereocenters. The van der Waals surface area contributed by atoms with Crippen molar-refractivity contribution < 1.29 is 9.18 Å². The lowest BCUT2D eigenvalue weighted by atomic mass is 10.1. The molecule has 0 unspecified atom stereocenters. The van der Waals surface area contributed by atoms with Gasteiger partial charge < -0.3 is 4.57 Å². The van der Waals surface area contributed by atoms with Crippen LogP contribution in [0.1, 0.15) is 18.3 Å². The van der Waals surface area contributed by atoms with E-state index in [-0.39, 0.29) is 23.6 Å². The summed E-state index contributed by atoms with van der Waals surface area (Å²) >= 11 is 5.90. The zero-order chi connectivity index (χ0) is 13.8. The third-order valence-electron chi connectivity index (χ3n) is 2.90. The van der Waals surface area contributed by atoms with Crippen molar-refractivity contribution in [1.82, 2.24) is 9.55 Å². The molecule has 19 heavy (non-hydrogen) atoms. The first kappa shape index (κ1) is 13.7. The van der Waals surface area contributed by atoms with E-state index >= 15 is 0 Å². The number of carbonyl (C=O) groups excluding carboxylic acids is 1. The minimum absolute atomic E-state index is 0.00871. The van der Waals surface area contributed by atoms with Gasteiger partial charge in [-0.25, -0.2) is 9.37 Å². The number of aromatic nitrogens is 2. The van der Waals surface area contributed by atoms with Crippen LogP contribution < -0.4 is 0 Å². The van der Waals surface area contributed by atoms with Crippen LogP contribution in [0.15, 0.2) is 30.6 Å². The smallest absolute Gasteiger partial charge is 0.144 e. The topological polar surface area (TPSA) is 34.9 Å². The number of ketones is 1. The summed E-state index contributed by atoms with van der Waals surface area (Å²) in [7, 11) is 0. The Bertz CT molecular complexity index is 595. The fourth-order valence-electron chi connectivity index (χ4n) is 1.91. The van der Waals surface area contributed by atoms with Crippen molar-refractivity contribution in [3.63, 3.8) is 0 Å². The summed E-state index contributed by atoms with van der Waals surface area (Å²) in [5.74, 6) is 0.350. The fourth-order valence-corrected chi connectivity index (χ4v) is 2.15. The molecule has 0 spiro atoms. The number of hydrogen-bond donors (Lipinski definition) is 0. The van der Waals surface area contributed by atoms with Gasteiger partial charge in [0.1, 0.15) is 17.4 Å². The fraction of sp³-hybridized carbons (Fsp3) is 0.286. The van der Waals surface area contributed by atoms with Gasteiger partial charge in [-0.1, -0.05) is 17.7 Å². The van der Waals surface area contributed by atoms with Crippen LogP contribution in [0.3, 0.4) is 0 Å². The number of rotatable bonds is 5. The van der Waals surface area contributed by atoms with Crippen molar-refractivity contribution in [3.05, 3.63) is 52.8 Å². The number of halogens is 2. The van der Waals surface area contributed by atoms with Crippen molar-refractivity contribution in [3.8, 4) is 0 Å². The molecule has 2 rings (SSSR count). The summed E-state index contributed by atoms with van der Waals surface area (Å²) in [6.45, 7) is 2.77. The van der Waals surface area contributed by atoms with E-state index in [4.69, 9.17) is 11.6 Å². The van der Waals surface area contributed by atoms with Crippen molar-refractivity contribution in [1.29, 1.82) is 0 Å². The molecule has 5 heteroatoms. The van der Waals surface area contributed by atoms with Crippen molar-refractivity contribution >= 4 is 17.4 Å². The maximum atomic E-state index is 12.9. The Morgan fingerprint density at radius 3 is 2.89 bits per heavy atom. The van der Waals surface area contributed by atoms with Gasteiger partial charge >= 0.3 is 0 Å². The molecule has 3 nitrogen and oxygen atoms in total. The summed E-state index contributed by atoms with van der Waals surface area (Å²) in [4.78, 5) is 16.1. The molecule has 0 aliphatic carbocycles. The molecule has 2 aromatic rings. The largest absolute Gasteiger partial charge is 0.335 e. The molecular formula is C14H14ClFN2O. The molecule has 0 saturated carbocycles. The van der Waals surface area contributed by atoms with E-state index in [9.17, 15) is 9.18 Å². The highest BCUT2D eigenvalue weighted by Gasteiger charge is 2.11. The van der Waals surface area contributed by atoms with Crippen LogP contribution >= 0.6 is 11.6 Å². The summed E-state index contributed by atoms with van der Waals surface area (Å²) in [5, 5.41) is 0.284. The van der Waals surface area contributed by atoms with Gasteiger partial charge in [0.05, 0.1) is 6.42 Å². The third-order valence-corrected chi connectivity index (χ3v) is 3.25. The normalized spacial score (nSPS) is 10.7. The molecule has 1 heterocycles. The predicted octanol–water partition coefficient (Wildman–Crippen LogP) is 3.05. The first-order valence-electron chi connectivity index (χ1n) is 6.05. The molecular weight excluding hydrogens is 267 g/mol. The molecule has 0 saturated heterocycles. The highest BCUT2D eigenvalue weighted by atomic mass is 35.5. The Labute approximate surface area is 116 Å². The number of carbonyl (C=O) groups is 1. The van der Waals surface area contributed by atoms with E-state index in [0.29, 0.717) is 5.56 Å². The molecule has 1 aromatic heterocycles. The molecule has 0 N–H and O–H groups in total. The van der Waals surface area contributed by atoms with Gasteiger partial charge in [0, 0.05) is 30.4 Å². The van der Waals surface area contributed by atoms with Gasteiger partial charge in [0.2, 0.25) is 0 Å². The standard InChI is InChI=1S/C14H14ClFN2O/c1-2-18-6-5-17-14(18)9-12(19)7-10-3-4-11(16)8-13(10)15/h3-6,8H,2,7,9H2,1H3. The van der Waals surface area contributed by atoms with E-state index < -0.39 is 5.82 Å². The van der Waals surface area contributed by atoms with Gasteiger partial charge in [-0.05, 0) is 24.6 Å². The third kappa shape index (κ3) is 3.41. The number of imidazole rings is 1. The minimum Gasteiger partial charge on any atom is -0.335 e. The zero-order valence-electron chi connectivity index (χ0n) is 10.6. The summed E-state index contributed by atoms with van der Waals surface area (Å²) in [5.41, 5.74) is 0.641. The van der Waals surface area contributed by atoms with E-state index in [1.165, 1.54) is 12.1 Å². The second-order valence-electron chi connectivity index (χ2n) is 4.26. The second-order valence-corrected chi connectivity index (χ2v) is 4.66. The van der Waals surface area contributed by atoms with Crippen LogP contribution in [0.2, 0.25) is 5.02 Å². The average Bonchev–Trinajstić information content (AvgIpc) is 2.80. The molecule has 0 aliphatic rings. The monoisotopic (exact) mass is 280 g/mol. The van der Waals surface area contributed by atoms with Crippen LogP contribution in [0.4, 0.5) is 4.39 Å². The summed E-state index contributed by atoms with van der Waals surface area (Å²) in [6, 6.07) is 4.07. The molecule has 0 amide bonds. The van der Waals surface area contributed by atoms with Gasteiger partial charge in [0.25, 0.3) is 0 Å². The lowest BCUT2D eigenvalue weighted by molar-refractivity contribution is -0.117. The Morgan fingerprint density at radius 2 is 2.21 bits per heavy atom. The van der Waals surface area contributed by atoms with E-state index in [2.05, 4.69) is 4.98 Å². The second kappa shape index (κ2) is 5.97. The van der Waals surface area contributed by atoms with Crippen LogP contribution in [0.25, 0.3) is 0 Å². The molecule has 0 aliphatic heterocycles. The highest BCUT2D eigenvalue weighted by molar-refractivity contribution is 6.31. The molecule has 0 fully saturated rings. The minimum atomic E-state index is -0.400. The van der Waals surface area contributed by atoms with Gasteiger partial charge in [-0.2, -0.15) is 0 Å². The van der Waals surface area contributed by atoms with E-state index in [1.54, 1.807) is 12.3 Å². The summed E-state index contributed by atoms with van der Waals surface area (Å²) < 4.78 is 14.8. The maximum absolute atomic E-state index is 12.9. The van der Waals surface area contributed by atoms with Crippen molar-refractivity contribution in [2.75, 3.05) is 0 Å².